The molecular formula is C18H21N3O4. The van der Waals surface area contributed by atoms with Crippen molar-refractivity contribution in [2.24, 2.45) is 0 Å². The summed E-state index contributed by atoms with van der Waals surface area (Å²) < 4.78 is 1.74. The molecule has 7 nitrogen and oxygen atoms in total. The zero-order valence-corrected chi connectivity index (χ0v) is 14.3. The molecule has 1 amide bonds. The number of para-hydroxylation sites is 1. The molecule has 0 atom stereocenters. The number of hydrogen-bond acceptors (Lipinski definition) is 4. The Balaban J connectivity index is 1.85. The van der Waals surface area contributed by atoms with Crippen molar-refractivity contribution in [2.45, 2.75) is 32.3 Å². The Morgan fingerprint density at radius 3 is 2.28 bits per heavy atom. The van der Waals surface area contributed by atoms with Crippen LogP contribution in [0.3, 0.4) is 0 Å². The van der Waals surface area contributed by atoms with Gasteiger partial charge in [-0.05, 0) is 26.0 Å². The normalized spacial score (nSPS) is 16.7. The number of rotatable bonds is 3. The van der Waals surface area contributed by atoms with Gasteiger partial charge in [-0.2, -0.15) is 5.10 Å². The monoisotopic (exact) mass is 343 g/mol. The SMILES string of the molecule is Cc1nn(-c2ccccc2)c(C)c1C(=O)N1CCC(O)(C(=O)O)CC1. The Morgan fingerprint density at radius 1 is 1.12 bits per heavy atom. The summed E-state index contributed by atoms with van der Waals surface area (Å²) in [5.74, 6) is -1.41. The first-order valence-corrected chi connectivity index (χ1v) is 8.20. The minimum Gasteiger partial charge on any atom is -0.479 e. The van der Waals surface area contributed by atoms with E-state index in [1.54, 1.807) is 16.5 Å². The van der Waals surface area contributed by atoms with Crippen molar-refractivity contribution in [3.05, 3.63) is 47.3 Å². The average molecular weight is 343 g/mol. The minimum absolute atomic E-state index is 0.0268. The number of aliphatic hydroxyl groups is 1. The molecule has 1 aromatic carbocycles. The highest BCUT2D eigenvalue weighted by Gasteiger charge is 2.41. The summed E-state index contributed by atoms with van der Waals surface area (Å²) in [5.41, 5.74) is 1.04. The molecule has 0 bridgehead atoms. The summed E-state index contributed by atoms with van der Waals surface area (Å²) in [6.07, 6.45) is 0.0536. The van der Waals surface area contributed by atoms with Gasteiger partial charge < -0.3 is 15.1 Å². The molecule has 0 radical (unpaired) electrons. The largest absolute Gasteiger partial charge is 0.479 e. The smallest absolute Gasteiger partial charge is 0.335 e. The Hall–Kier alpha value is -2.67. The number of amides is 1. The minimum atomic E-state index is -1.74. The molecule has 2 N–H and O–H groups in total. The second-order valence-electron chi connectivity index (χ2n) is 6.42. The predicted molar refractivity (Wildman–Crippen MR) is 90.8 cm³/mol. The number of piperidine rings is 1. The van der Waals surface area contributed by atoms with Crippen molar-refractivity contribution in [3.63, 3.8) is 0 Å². The molecule has 0 aliphatic carbocycles. The fourth-order valence-corrected chi connectivity index (χ4v) is 3.22. The summed E-state index contributed by atoms with van der Waals surface area (Å²) >= 11 is 0. The summed E-state index contributed by atoms with van der Waals surface area (Å²) in [6.45, 7) is 4.04. The fraction of sp³-hybridized carbons (Fsp3) is 0.389. The topological polar surface area (TPSA) is 95.7 Å². The molecule has 1 aromatic heterocycles. The van der Waals surface area contributed by atoms with Crippen molar-refractivity contribution in [3.8, 4) is 5.69 Å². The second kappa shape index (κ2) is 6.33. The van der Waals surface area contributed by atoms with E-state index in [0.29, 0.717) is 11.3 Å². The zero-order chi connectivity index (χ0) is 18.2. The Bertz CT molecular complexity index is 805. The standard InChI is InChI=1S/C18H21N3O4/c1-12-15(13(2)21(19-12)14-6-4-3-5-7-14)16(22)20-10-8-18(25,9-11-20)17(23)24/h3-7,25H,8-11H2,1-2H3,(H,23,24). The van der Waals surface area contributed by atoms with Crippen LogP contribution in [0.1, 0.15) is 34.6 Å². The lowest BCUT2D eigenvalue weighted by atomic mass is 9.91. The van der Waals surface area contributed by atoms with Crippen LogP contribution in [0.5, 0.6) is 0 Å². The number of aliphatic carboxylic acids is 1. The second-order valence-corrected chi connectivity index (χ2v) is 6.42. The lowest BCUT2D eigenvalue weighted by Gasteiger charge is -2.35. The summed E-state index contributed by atoms with van der Waals surface area (Å²) in [7, 11) is 0. The number of likely N-dealkylation sites (tertiary alicyclic amines) is 1. The van der Waals surface area contributed by atoms with Crippen LogP contribution in [0.25, 0.3) is 5.69 Å². The van der Waals surface area contributed by atoms with Crippen molar-refractivity contribution in [2.75, 3.05) is 13.1 Å². The Morgan fingerprint density at radius 2 is 1.72 bits per heavy atom. The first-order valence-electron chi connectivity index (χ1n) is 8.20. The molecule has 1 aliphatic rings. The van der Waals surface area contributed by atoms with E-state index < -0.39 is 11.6 Å². The Labute approximate surface area is 145 Å². The van der Waals surface area contributed by atoms with Crippen LogP contribution in [-0.2, 0) is 4.79 Å². The van der Waals surface area contributed by atoms with Crippen molar-refractivity contribution in [1.82, 2.24) is 14.7 Å². The third kappa shape index (κ3) is 3.02. The molecule has 1 fully saturated rings. The van der Waals surface area contributed by atoms with E-state index >= 15 is 0 Å². The molecular weight excluding hydrogens is 322 g/mol. The van der Waals surface area contributed by atoms with Gasteiger partial charge in [0.15, 0.2) is 5.60 Å². The Kier molecular flexibility index (Phi) is 4.34. The maximum absolute atomic E-state index is 12.9. The summed E-state index contributed by atoms with van der Waals surface area (Å²) in [6, 6.07) is 9.57. The van der Waals surface area contributed by atoms with E-state index in [1.165, 1.54) is 0 Å². The first kappa shape index (κ1) is 17.2. The number of carboxylic acids is 1. The highest BCUT2D eigenvalue weighted by Crippen LogP contribution is 2.26. The van der Waals surface area contributed by atoms with E-state index in [1.807, 2.05) is 37.3 Å². The van der Waals surface area contributed by atoms with Gasteiger partial charge in [0, 0.05) is 25.9 Å². The van der Waals surface area contributed by atoms with E-state index in [0.717, 1.165) is 11.4 Å². The number of benzene rings is 1. The number of hydrogen-bond donors (Lipinski definition) is 2. The van der Waals surface area contributed by atoms with Crippen LogP contribution in [-0.4, -0.2) is 55.5 Å². The quantitative estimate of drug-likeness (QED) is 0.881. The number of carboxylic acid groups (broad SMARTS) is 1. The van der Waals surface area contributed by atoms with Gasteiger partial charge in [0.05, 0.1) is 22.6 Å². The number of nitrogens with zero attached hydrogens (tertiary/aromatic N) is 3. The molecule has 1 saturated heterocycles. The third-order valence-corrected chi connectivity index (χ3v) is 4.78. The molecule has 7 heteroatoms. The van der Waals surface area contributed by atoms with E-state index in [-0.39, 0.29) is 31.8 Å². The van der Waals surface area contributed by atoms with Crippen LogP contribution in [0, 0.1) is 13.8 Å². The summed E-state index contributed by atoms with van der Waals surface area (Å²) in [5, 5.41) is 23.6. The maximum atomic E-state index is 12.9. The maximum Gasteiger partial charge on any atom is 0.335 e. The summed E-state index contributed by atoms with van der Waals surface area (Å²) in [4.78, 5) is 25.6. The van der Waals surface area contributed by atoms with Gasteiger partial charge in [0.2, 0.25) is 0 Å². The molecule has 25 heavy (non-hydrogen) atoms. The lowest BCUT2D eigenvalue weighted by Crippen LogP contribution is -2.51. The molecule has 2 aromatic rings. The molecule has 2 heterocycles. The zero-order valence-electron chi connectivity index (χ0n) is 14.3. The molecule has 132 valence electrons. The molecule has 1 aliphatic heterocycles. The highest BCUT2D eigenvalue weighted by molar-refractivity contribution is 5.96. The van der Waals surface area contributed by atoms with Gasteiger partial charge in [0.1, 0.15) is 0 Å². The third-order valence-electron chi connectivity index (χ3n) is 4.78. The molecule has 0 spiro atoms. The van der Waals surface area contributed by atoms with E-state index in [4.69, 9.17) is 5.11 Å². The number of carbonyl (C=O) groups excluding carboxylic acids is 1. The van der Waals surface area contributed by atoms with Gasteiger partial charge in [-0.15, -0.1) is 0 Å². The van der Waals surface area contributed by atoms with Crippen LogP contribution >= 0.6 is 0 Å². The fourth-order valence-electron chi connectivity index (χ4n) is 3.22. The van der Waals surface area contributed by atoms with Gasteiger partial charge in [0.25, 0.3) is 5.91 Å². The van der Waals surface area contributed by atoms with Crippen molar-refractivity contribution < 1.29 is 19.8 Å². The van der Waals surface area contributed by atoms with Crippen LogP contribution in [0.15, 0.2) is 30.3 Å². The number of aryl methyl sites for hydroxylation is 1. The first-order chi connectivity index (χ1) is 11.8. The van der Waals surface area contributed by atoms with Crippen LogP contribution < -0.4 is 0 Å². The van der Waals surface area contributed by atoms with Crippen molar-refractivity contribution in [1.29, 1.82) is 0 Å². The van der Waals surface area contributed by atoms with Crippen LogP contribution in [0.2, 0.25) is 0 Å². The number of carbonyl (C=O) groups is 2. The van der Waals surface area contributed by atoms with Gasteiger partial charge >= 0.3 is 5.97 Å². The van der Waals surface area contributed by atoms with Crippen LogP contribution in [0.4, 0.5) is 0 Å². The van der Waals surface area contributed by atoms with Crippen molar-refractivity contribution >= 4 is 11.9 Å². The lowest BCUT2D eigenvalue weighted by molar-refractivity contribution is -0.162. The van der Waals surface area contributed by atoms with Gasteiger partial charge in [-0.3, -0.25) is 4.79 Å². The van der Waals surface area contributed by atoms with Gasteiger partial charge in [-0.25, -0.2) is 9.48 Å². The van der Waals surface area contributed by atoms with Gasteiger partial charge in [-0.1, -0.05) is 18.2 Å². The molecule has 0 saturated carbocycles. The highest BCUT2D eigenvalue weighted by atomic mass is 16.4. The van der Waals surface area contributed by atoms with E-state index in [9.17, 15) is 14.7 Å². The molecule has 0 unspecified atom stereocenters. The molecule has 3 rings (SSSR count). The average Bonchev–Trinajstić information content (AvgIpc) is 2.90. The number of aromatic nitrogens is 2. The predicted octanol–water partition coefficient (Wildman–Crippen LogP) is 1.54. The van der Waals surface area contributed by atoms with E-state index in [2.05, 4.69) is 5.10 Å².